The van der Waals surface area contributed by atoms with Gasteiger partial charge < -0.3 is 15.3 Å². The number of aromatic hydroxyl groups is 1. The van der Waals surface area contributed by atoms with E-state index in [-0.39, 0.29) is 17.6 Å². The Hall–Kier alpha value is -2.82. The lowest BCUT2D eigenvalue weighted by Crippen LogP contribution is -2.41. The zero-order chi connectivity index (χ0) is 17.8. The lowest BCUT2D eigenvalue weighted by Gasteiger charge is -2.17. The molecule has 1 atom stereocenters. The van der Waals surface area contributed by atoms with Crippen LogP contribution in [0.4, 0.5) is 5.69 Å². The first-order valence-corrected chi connectivity index (χ1v) is 8.48. The number of phenolic OH excluding ortho intramolecular Hbond substituents is 1. The number of hydrogen-bond acceptors (Lipinski definition) is 3. The molecule has 2 aromatic rings. The molecule has 3 rings (SSSR count). The first-order valence-electron chi connectivity index (χ1n) is 8.48. The molecule has 1 fully saturated rings. The second-order valence-corrected chi connectivity index (χ2v) is 6.40. The Bertz CT molecular complexity index is 754. The van der Waals surface area contributed by atoms with Crippen molar-refractivity contribution < 1.29 is 14.7 Å². The van der Waals surface area contributed by atoms with Crippen molar-refractivity contribution in [2.45, 2.75) is 32.2 Å². The predicted molar refractivity (Wildman–Crippen MR) is 96.5 cm³/mol. The fourth-order valence-corrected chi connectivity index (χ4v) is 2.98. The fraction of sp³-hybridized carbons (Fsp3) is 0.300. The molecule has 2 aromatic carbocycles. The molecule has 0 radical (unpaired) electrons. The number of anilines is 1. The van der Waals surface area contributed by atoms with E-state index in [4.69, 9.17) is 0 Å². The smallest absolute Gasteiger partial charge is 0.249 e. The van der Waals surface area contributed by atoms with Gasteiger partial charge in [0.05, 0.1) is 0 Å². The summed E-state index contributed by atoms with van der Waals surface area (Å²) in [7, 11) is 0. The van der Waals surface area contributed by atoms with E-state index in [2.05, 4.69) is 5.32 Å². The molecule has 1 aliphatic heterocycles. The van der Waals surface area contributed by atoms with Crippen LogP contribution in [0, 0.1) is 6.92 Å². The van der Waals surface area contributed by atoms with Gasteiger partial charge >= 0.3 is 0 Å². The molecule has 2 amide bonds. The Balaban J connectivity index is 1.52. The van der Waals surface area contributed by atoms with Crippen molar-refractivity contribution in [1.82, 2.24) is 5.32 Å². The molecular weight excluding hydrogens is 316 g/mol. The minimum Gasteiger partial charge on any atom is -0.508 e. The van der Waals surface area contributed by atoms with Crippen LogP contribution in [0.15, 0.2) is 48.5 Å². The molecule has 0 aliphatic carbocycles. The summed E-state index contributed by atoms with van der Waals surface area (Å²) in [4.78, 5) is 26.4. The highest BCUT2D eigenvalue weighted by atomic mass is 16.3. The number of carbonyl (C=O) groups is 2. The summed E-state index contributed by atoms with van der Waals surface area (Å²) in [5.41, 5.74) is 3.00. The summed E-state index contributed by atoms with van der Waals surface area (Å²) in [5.74, 6) is 0.0277. The van der Waals surface area contributed by atoms with Gasteiger partial charge in [0.15, 0.2) is 0 Å². The molecule has 5 heteroatoms. The molecule has 1 unspecified atom stereocenters. The molecular formula is C20H22N2O3. The molecule has 0 saturated carbocycles. The maximum atomic E-state index is 12.5. The Kier molecular flexibility index (Phi) is 5.03. The van der Waals surface area contributed by atoms with Crippen molar-refractivity contribution in [3.8, 4) is 5.75 Å². The first-order chi connectivity index (χ1) is 12.0. The molecule has 1 aliphatic rings. The Morgan fingerprint density at radius 2 is 1.84 bits per heavy atom. The number of rotatable bonds is 5. The normalized spacial score (nSPS) is 16.9. The molecule has 0 spiro atoms. The van der Waals surface area contributed by atoms with Gasteiger partial charge in [-0.25, -0.2) is 0 Å². The van der Waals surface area contributed by atoms with Gasteiger partial charge in [-0.2, -0.15) is 0 Å². The minimum atomic E-state index is -0.450. The van der Waals surface area contributed by atoms with Crippen LogP contribution < -0.4 is 10.2 Å². The number of aryl methyl sites for hydroxylation is 2. The maximum absolute atomic E-state index is 12.5. The van der Waals surface area contributed by atoms with Gasteiger partial charge in [-0.05, 0) is 49.6 Å². The van der Waals surface area contributed by atoms with E-state index in [1.807, 2.05) is 31.2 Å². The molecule has 1 saturated heterocycles. The van der Waals surface area contributed by atoms with Crippen molar-refractivity contribution in [3.63, 3.8) is 0 Å². The third-order valence-electron chi connectivity index (χ3n) is 4.46. The summed E-state index contributed by atoms with van der Waals surface area (Å²) in [6, 6.07) is 14.2. The lowest BCUT2D eigenvalue weighted by molar-refractivity contribution is -0.126. The third kappa shape index (κ3) is 4.18. The average Bonchev–Trinajstić information content (AvgIpc) is 2.96. The number of hydrogen-bond donors (Lipinski definition) is 2. The highest BCUT2D eigenvalue weighted by Gasteiger charge is 2.33. The Labute approximate surface area is 147 Å². The molecule has 0 bridgehead atoms. The highest BCUT2D eigenvalue weighted by Crippen LogP contribution is 2.22. The van der Waals surface area contributed by atoms with Gasteiger partial charge in [0.25, 0.3) is 0 Å². The van der Waals surface area contributed by atoms with E-state index in [9.17, 15) is 14.7 Å². The fourth-order valence-electron chi connectivity index (χ4n) is 2.98. The van der Waals surface area contributed by atoms with Crippen LogP contribution in [0.3, 0.4) is 0 Å². The van der Waals surface area contributed by atoms with E-state index >= 15 is 0 Å². The van der Waals surface area contributed by atoms with Gasteiger partial charge in [-0.1, -0.05) is 29.8 Å². The minimum absolute atomic E-state index is 0.0539. The highest BCUT2D eigenvalue weighted by molar-refractivity contribution is 6.01. The van der Waals surface area contributed by atoms with Crippen molar-refractivity contribution in [3.05, 3.63) is 59.7 Å². The summed E-state index contributed by atoms with van der Waals surface area (Å²) in [6.07, 6.45) is 1.52. The first kappa shape index (κ1) is 17.0. The lowest BCUT2D eigenvalue weighted by atomic mass is 10.1. The number of carbonyl (C=O) groups excluding carboxylic acids is 2. The van der Waals surface area contributed by atoms with Gasteiger partial charge in [-0.15, -0.1) is 0 Å². The van der Waals surface area contributed by atoms with Crippen LogP contribution in [-0.2, 0) is 16.0 Å². The third-order valence-corrected chi connectivity index (χ3v) is 4.46. The number of phenols is 1. The van der Waals surface area contributed by atoms with Gasteiger partial charge in [0, 0.05) is 18.7 Å². The Morgan fingerprint density at radius 1 is 1.16 bits per heavy atom. The van der Waals surface area contributed by atoms with Gasteiger partial charge in [0.2, 0.25) is 11.8 Å². The predicted octanol–water partition coefficient (Wildman–Crippen LogP) is 2.55. The van der Waals surface area contributed by atoms with Crippen LogP contribution >= 0.6 is 0 Å². The largest absolute Gasteiger partial charge is 0.508 e. The van der Waals surface area contributed by atoms with Crippen LogP contribution in [0.25, 0.3) is 0 Å². The zero-order valence-electron chi connectivity index (χ0n) is 14.2. The monoisotopic (exact) mass is 338 g/mol. The number of amides is 2. The zero-order valence-corrected chi connectivity index (χ0v) is 14.2. The number of benzene rings is 2. The average molecular weight is 338 g/mol. The van der Waals surface area contributed by atoms with E-state index in [0.717, 1.165) is 16.8 Å². The number of nitrogens with zero attached hydrogens (tertiary/aromatic N) is 1. The second-order valence-electron chi connectivity index (χ2n) is 6.40. The van der Waals surface area contributed by atoms with Crippen molar-refractivity contribution >= 4 is 17.5 Å². The molecule has 0 aromatic heterocycles. The summed E-state index contributed by atoms with van der Waals surface area (Å²) in [6.45, 7) is 2.62. The van der Waals surface area contributed by atoms with E-state index < -0.39 is 6.04 Å². The van der Waals surface area contributed by atoms with Crippen molar-refractivity contribution in [2.75, 3.05) is 11.4 Å². The maximum Gasteiger partial charge on any atom is 0.249 e. The van der Waals surface area contributed by atoms with Crippen molar-refractivity contribution in [1.29, 1.82) is 0 Å². The van der Waals surface area contributed by atoms with Crippen LogP contribution in [0.1, 0.15) is 24.0 Å². The summed E-state index contributed by atoms with van der Waals surface area (Å²) >= 11 is 0. The molecule has 5 nitrogen and oxygen atoms in total. The van der Waals surface area contributed by atoms with Crippen LogP contribution in [-0.4, -0.2) is 29.5 Å². The quantitative estimate of drug-likeness (QED) is 0.880. The molecule has 130 valence electrons. The molecule has 25 heavy (non-hydrogen) atoms. The summed E-state index contributed by atoms with van der Waals surface area (Å²) < 4.78 is 0. The second kappa shape index (κ2) is 7.38. The SMILES string of the molecule is Cc1ccc(N2CCC(NC(=O)CCc3ccc(O)cc3)C2=O)cc1. The molecule has 1 heterocycles. The topological polar surface area (TPSA) is 69.6 Å². The summed E-state index contributed by atoms with van der Waals surface area (Å²) in [5, 5.41) is 12.1. The number of nitrogens with one attached hydrogen (secondary N) is 1. The van der Waals surface area contributed by atoms with E-state index in [1.165, 1.54) is 0 Å². The van der Waals surface area contributed by atoms with Gasteiger partial charge in [0.1, 0.15) is 11.8 Å². The van der Waals surface area contributed by atoms with Crippen molar-refractivity contribution in [2.24, 2.45) is 0 Å². The van der Waals surface area contributed by atoms with E-state index in [1.54, 1.807) is 29.2 Å². The van der Waals surface area contributed by atoms with E-state index in [0.29, 0.717) is 25.8 Å². The molecule has 2 N–H and O–H groups in total. The standard InChI is InChI=1S/C20H22N2O3/c1-14-2-7-16(8-3-14)22-13-12-18(20(22)25)21-19(24)11-6-15-4-9-17(23)10-5-15/h2-5,7-10,18,23H,6,11-13H2,1H3,(H,21,24). The van der Waals surface area contributed by atoms with Crippen LogP contribution in [0.5, 0.6) is 5.75 Å². The van der Waals surface area contributed by atoms with Crippen LogP contribution in [0.2, 0.25) is 0 Å². The van der Waals surface area contributed by atoms with Gasteiger partial charge in [-0.3, -0.25) is 9.59 Å². The Morgan fingerprint density at radius 3 is 2.52 bits per heavy atom.